The van der Waals surface area contributed by atoms with Crippen molar-refractivity contribution in [1.82, 2.24) is 20.4 Å². The predicted octanol–water partition coefficient (Wildman–Crippen LogP) is 1.25. The van der Waals surface area contributed by atoms with E-state index in [9.17, 15) is 54.3 Å². The van der Waals surface area contributed by atoms with Crippen molar-refractivity contribution in [2.24, 2.45) is 52.1 Å². The number of nitrogens with zero attached hydrogens (tertiary/aromatic N) is 2. The number of nitrogens with two attached hydrogens (primary N) is 1. The van der Waals surface area contributed by atoms with Gasteiger partial charge in [-0.15, -0.1) is 0 Å². The minimum absolute atomic E-state index is 0.0519. The predicted molar refractivity (Wildman–Crippen MR) is 197 cm³/mol. The van der Waals surface area contributed by atoms with Crippen LogP contribution in [0.25, 0.3) is 0 Å². The number of carbonyl (C=O) groups excluding carboxylic acids is 2. The number of hydrogen-bond donors (Lipinski definition) is 9. The number of hydrogen-bond acceptors (Lipinski definition) is 10. The molecule has 12 atom stereocenters. The van der Waals surface area contributed by atoms with Crippen LogP contribution in [0, 0.1) is 46.3 Å². The van der Waals surface area contributed by atoms with Crippen molar-refractivity contribution in [2.45, 2.75) is 116 Å². The molecule has 3 amide bonds. The van der Waals surface area contributed by atoms with Crippen LogP contribution in [-0.4, -0.2) is 140 Å². The maximum atomic E-state index is 13.3. The molecule has 4 rings (SSSR count). The first-order chi connectivity index (χ1) is 25.8. The van der Waals surface area contributed by atoms with Crippen LogP contribution in [0.3, 0.4) is 0 Å². The molecule has 4 aliphatic carbocycles. The highest BCUT2D eigenvalue weighted by molar-refractivity contribution is 5.79. The van der Waals surface area contributed by atoms with Gasteiger partial charge in [-0.3, -0.25) is 33.8 Å². The standard InChI is InChI=1S/C38H63N5O12/c1-21(4-8-30(39)46)24-5-6-25-34-26(18-29(45)38(24,25)3)37(2)11-10-23(16-22(37)17-28(34)44)41-31(47)9-7-27(35(52)53)43(13-12-40-36(54)55)15-14-42(19-32(48)49)20-33(50)51/h21-29,34,40,44-45H,4-20H2,1-3H3,(H2,39,46)(H,41,47)(H,48,49)(H,50,51)(H,52,53)(H,54,55)/t21?,22-,23-,24+,25?,26?,27-,28+,29-,34?,37-,38+/m0/s1. The van der Waals surface area contributed by atoms with Gasteiger partial charge in [-0.2, -0.15) is 0 Å². The number of nitrogens with one attached hydrogen (secondary N) is 2. The number of carbonyl (C=O) groups is 6. The third-order valence-electron chi connectivity index (χ3n) is 14.2. The summed E-state index contributed by atoms with van der Waals surface area (Å²) >= 11 is 0. The second kappa shape index (κ2) is 18.6. The molecule has 4 aliphatic rings. The van der Waals surface area contributed by atoms with Crippen LogP contribution in [0.15, 0.2) is 0 Å². The van der Waals surface area contributed by atoms with Crippen LogP contribution in [0.5, 0.6) is 0 Å². The lowest BCUT2D eigenvalue weighted by atomic mass is 9.43. The van der Waals surface area contributed by atoms with Gasteiger partial charge in [0.2, 0.25) is 11.8 Å². The van der Waals surface area contributed by atoms with Gasteiger partial charge < -0.3 is 47.0 Å². The van der Waals surface area contributed by atoms with Crippen LogP contribution in [0.2, 0.25) is 0 Å². The molecule has 0 aromatic heterocycles. The maximum Gasteiger partial charge on any atom is 0.404 e. The average Bonchev–Trinajstić information content (AvgIpc) is 3.44. The number of amides is 3. The topological polar surface area (TPSA) is 280 Å². The van der Waals surface area contributed by atoms with Crippen molar-refractivity contribution < 1.29 is 59.4 Å². The molecule has 4 saturated carbocycles. The second-order valence-corrected chi connectivity index (χ2v) is 17.3. The molecule has 0 aromatic rings. The Bertz CT molecular complexity index is 1400. The van der Waals surface area contributed by atoms with Gasteiger partial charge in [0.05, 0.1) is 25.3 Å². The van der Waals surface area contributed by atoms with E-state index in [-0.39, 0.29) is 103 Å². The number of fused-ring (bicyclic) bond motifs is 5. The number of aliphatic hydroxyl groups is 2. The minimum Gasteiger partial charge on any atom is -0.480 e. The van der Waals surface area contributed by atoms with E-state index in [1.54, 1.807) is 0 Å². The lowest BCUT2D eigenvalue weighted by molar-refractivity contribution is -0.202. The number of carboxylic acid groups (broad SMARTS) is 4. The van der Waals surface area contributed by atoms with Crippen LogP contribution >= 0.6 is 0 Å². The number of primary amides is 1. The van der Waals surface area contributed by atoms with Crippen LogP contribution in [0.1, 0.15) is 91.4 Å². The summed E-state index contributed by atoms with van der Waals surface area (Å²) in [6.45, 7) is 4.99. The molecule has 312 valence electrons. The molecule has 55 heavy (non-hydrogen) atoms. The van der Waals surface area contributed by atoms with Crippen LogP contribution < -0.4 is 16.4 Å². The molecule has 4 unspecified atom stereocenters. The van der Waals surface area contributed by atoms with Gasteiger partial charge >= 0.3 is 24.0 Å². The highest BCUT2D eigenvalue weighted by Crippen LogP contribution is 2.68. The Morgan fingerprint density at radius 2 is 1.51 bits per heavy atom. The van der Waals surface area contributed by atoms with Gasteiger partial charge in [-0.1, -0.05) is 20.8 Å². The second-order valence-electron chi connectivity index (χ2n) is 17.3. The Kier molecular flexibility index (Phi) is 14.9. The smallest absolute Gasteiger partial charge is 0.404 e. The highest BCUT2D eigenvalue weighted by atomic mass is 16.4. The Morgan fingerprint density at radius 1 is 0.836 bits per heavy atom. The van der Waals surface area contributed by atoms with E-state index >= 15 is 0 Å². The van der Waals surface area contributed by atoms with Crippen molar-refractivity contribution >= 4 is 35.8 Å². The van der Waals surface area contributed by atoms with Crippen LogP contribution in [-0.2, 0) is 24.0 Å². The van der Waals surface area contributed by atoms with Gasteiger partial charge in [-0.25, -0.2) is 4.79 Å². The fourth-order valence-corrected chi connectivity index (χ4v) is 11.5. The zero-order valence-electron chi connectivity index (χ0n) is 32.4. The van der Waals surface area contributed by atoms with Crippen molar-refractivity contribution in [3.8, 4) is 0 Å². The first-order valence-corrected chi connectivity index (χ1v) is 19.8. The van der Waals surface area contributed by atoms with E-state index in [1.807, 2.05) is 0 Å². The molecule has 4 fully saturated rings. The van der Waals surface area contributed by atoms with Gasteiger partial charge in [0.1, 0.15) is 6.04 Å². The molecule has 0 bridgehead atoms. The molecule has 17 nitrogen and oxygen atoms in total. The molecular formula is C38H63N5O12. The number of rotatable bonds is 20. The summed E-state index contributed by atoms with van der Waals surface area (Å²) < 4.78 is 0. The molecule has 10 N–H and O–H groups in total. The third-order valence-corrected chi connectivity index (χ3v) is 14.2. The lowest BCUT2D eigenvalue weighted by Crippen LogP contribution is -2.63. The van der Waals surface area contributed by atoms with E-state index < -0.39 is 55.3 Å². The fourth-order valence-electron chi connectivity index (χ4n) is 11.5. The van der Waals surface area contributed by atoms with Crippen molar-refractivity contribution in [3.05, 3.63) is 0 Å². The van der Waals surface area contributed by atoms with E-state index in [4.69, 9.17) is 10.8 Å². The fraction of sp³-hybridized carbons (Fsp3) is 0.842. The van der Waals surface area contributed by atoms with Crippen LogP contribution in [0.4, 0.5) is 4.79 Å². The Hall–Kier alpha value is -3.54. The molecular weight excluding hydrogens is 718 g/mol. The van der Waals surface area contributed by atoms with Crippen molar-refractivity contribution in [2.75, 3.05) is 39.3 Å². The molecule has 0 radical (unpaired) electrons. The number of aliphatic hydroxyl groups excluding tert-OH is 2. The van der Waals surface area contributed by atoms with Gasteiger partial charge in [-0.05, 0) is 104 Å². The van der Waals surface area contributed by atoms with E-state index in [2.05, 4.69) is 31.4 Å². The summed E-state index contributed by atoms with van der Waals surface area (Å²) in [6, 6.07) is -1.42. The molecule has 17 heteroatoms. The zero-order valence-corrected chi connectivity index (χ0v) is 32.4. The van der Waals surface area contributed by atoms with Gasteiger partial charge in [0.25, 0.3) is 0 Å². The van der Waals surface area contributed by atoms with Gasteiger partial charge in [0.15, 0.2) is 0 Å². The summed E-state index contributed by atoms with van der Waals surface area (Å²) in [5.74, 6) is -3.56. The van der Waals surface area contributed by atoms with Crippen molar-refractivity contribution in [3.63, 3.8) is 0 Å². The zero-order chi connectivity index (χ0) is 40.8. The summed E-state index contributed by atoms with van der Waals surface area (Å²) in [5, 5.41) is 66.5. The van der Waals surface area contributed by atoms with Crippen molar-refractivity contribution in [1.29, 1.82) is 0 Å². The first kappa shape index (κ1) is 44.2. The summed E-state index contributed by atoms with van der Waals surface area (Å²) in [6.07, 6.45) is 3.51. The molecule has 0 aromatic carbocycles. The van der Waals surface area contributed by atoms with E-state index in [0.29, 0.717) is 38.5 Å². The quantitative estimate of drug-likeness (QED) is 0.0841. The summed E-state index contributed by atoms with van der Waals surface area (Å²) in [5.41, 5.74) is 4.94. The Labute approximate surface area is 322 Å². The minimum atomic E-state index is -1.32. The average molecular weight is 782 g/mol. The normalized spacial score (nSPS) is 33.8. The maximum absolute atomic E-state index is 13.3. The van der Waals surface area contributed by atoms with E-state index in [1.165, 1.54) is 4.90 Å². The molecule has 0 spiro atoms. The molecule has 0 heterocycles. The Morgan fingerprint density at radius 3 is 2.11 bits per heavy atom. The van der Waals surface area contributed by atoms with Gasteiger partial charge in [0, 0.05) is 45.1 Å². The SMILES string of the molecule is CC(CCC(N)=O)[C@H]1CCC2C3C(C[C@H](O)[C@@]21C)[C@@]1(C)CC[C@H](NC(=O)CC[C@@H](C(=O)O)N(CCNC(=O)O)CCN(CC(=O)O)CC(=O)O)C[C@H]1C[C@H]3O. The van der Waals surface area contributed by atoms with E-state index in [0.717, 1.165) is 24.2 Å². The number of aliphatic carboxylic acids is 3. The highest BCUT2D eigenvalue weighted by Gasteiger charge is 2.65. The lowest BCUT2D eigenvalue weighted by Gasteiger charge is -2.63. The monoisotopic (exact) mass is 781 g/mol. The largest absolute Gasteiger partial charge is 0.480 e. The Balaban J connectivity index is 1.38. The molecule has 0 saturated heterocycles. The summed E-state index contributed by atoms with van der Waals surface area (Å²) in [4.78, 5) is 73.4. The third kappa shape index (κ3) is 10.5. The summed E-state index contributed by atoms with van der Waals surface area (Å²) in [7, 11) is 0. The molecule has 0 aliphatic heterocycles. The number of carboxylic acids is 3. The first-order valence-electron chi connectivity index (χ1n) is 19.8.